The van der Waals surface area contributed by atoms with Crippen LogP contribution in [0.4, 0.5) is 0 Å². The van der Waals surface area contributed by atoms with E-state index in [-0.39, 0.29) is 21.1 Å². The third-order valence-corrected chi connectivity index (χ3v) is 5.90. The number of benzene rings is 4. The van der Waals surface area contributed by atoms with Crippen LogP contribution < -0.4 is 9.47 Å². The van der Waals surface area contributed by atoms with Crippen molar-refractivity contribution in [2.45, 2.75) is 13.2 Å². The van der Waals surface area contributed by atoms with Crippen LogP contribution in [0.1, 0.15) is 33.4 Å². The average Bonchev–Trinajstić information content (AvgIpc) is 2.98. The molecule has 2 radical (unpaired) electrons. The summed E-state index contributed by atoms with van der Waals surface area (Å²) in [5, 5.41) is 36.3. The first-order valence-corrected chi connectivity index (χ1v) is 12.3. The molecule has 0 aromatic heterocycles. The van der Waals surface area contributed by atoms with Crippen LogP contribution in [0.25, 0.3) is 0 Å². The van der Waals surface area contributed by atoms with E-state index >= 15 is 0 Å². The van der Waals surface area contributed by atoms with Crippen LogP contribution in [0.3, 0.4) is 0 Å². The molecule has 186 valence electrons. The van der Waals surface area contributed by atoms with Crippen LogP contribution in [0, 0.1) is 45.3 Å². The fraction of sp³-hybridized carbons (Fsp3) is 0.0667. The summed E-state index contributed by atoms with van der Waals surface area (Å²) < 4.78 is 22.8. The molecule has 0 aliphatic carbocycles. The van der Waals surface area contributed by atoms with Gasteiger partial charge in [-0.15, -0.1) is 0 Å². The maximum Gasteiger partial charge on any atom is 0.434 e. The van der Waals surface area contributed by atoms with Gasteiger partial charge in [0.1, 0.15) is 47.3 Å². The molecular weight excluding hydrogens is 508 g/mol. The van der Waals surface area contributed by atoms with Gasteiger partial charge in [0.05, 0.1) is 35.5 Å². The Balaban J connectivity index is 1.19. The number of ether oxygens (including phenoxy) is 2. The lowest BCUT2D eigenvalue weighted by atomic mass is 10.1. The van der Waals surface area contributed by atoms with Crippen molar-refractivity contribution in [3.63, 3.8) is 0 Å². The SMILES string of the molecule is N#Cc1ccc(Oc2ccc(CO[Si]OCc3ccc(Oc4ccc(C#N)c(C#N)c4)cc3)cc2)cc1C#N. The molecule has 0 aliphatic rings. The number of hydrogen-bond acceptors (Lipinski definition) is 8. The monoisotopic (exact) mass is 526 g/mol. The Bertz CT molecular complexity index is 1500. The van der Waals surface area contributed by atoms with Crippen LogP contribution in [0.5, 0.6) is 23.0 Å². The van der Waals surface area contributed by atoms with Gasteiger partial charge in [-0.1, -0.05) is 24.3 Å². The molecule has 0 bridgehead atoms. The molecule has 0 aliphatic heterocycles. The predicted molar refractivity (Wildman–Crippen MR) is 140 cm³/mol. The fourth-order valence-corrected chi connectivity index (χ4v) is 3.94. The standard InChI is InChI=1S/C30H18N4O4Si/c31-15-23-5-11-29(13-25(23)17-33)37-27-7-1-21(2-8-27)19-35-39-36-20-22-3-9-28(10-4-22)38-30-12-6-24(16-32)26(14-30)18-34/h1-14H,19-20H2. The van der Waals surface area contributed by atoms with E-state index in [2.05, 4.69) is 0 Å². The molecular formula is C30H18N4O4Si. The first-order chi connectivity index (χ1) is 19.1. The number of hydrogen-bond donors (Lipinski definition) is 0. The third kappa shape index (κ3) is 7.30. The van der Waals surface area contributed by atoms with E-state index in [1.165, 1.54) is 12.1 Å². The second kappa shape index (κ2) is 13.2. The number of nitrogens with zero attached hydrogens (tertiary/aromatic N) is 4. The highest BCUT2D eigenvalue weighted by atomic mass is 28.3. The van der Waals surface area contributed by atoms with E-state index in [1.54, 1.807) is 48.5 Å². The van der Waals surface area contributed by atoms with Crippen LogP contribution in [0.2, 0.25) is 0 Å². The Morgan fingerprint density at radius 3 is 1.18 bits per heavy atom. The minimum atomic E-state index is -0.149. The van der Waals surface area contributed by atoms with Crippen LogP contribution in [-0.2, 0) is 22.1 Å². The highest BCUT2D eigenvalue weighted by Gasteiger charge is 2.07. The van der Waals surface area contributed by atoms with Gasteiger partial charge in [0.15, 0.2) is 0 Å². The average molecular weight is 527 g/mol. The molecule has 0 amide bonds. The highest BCUT2D eigenvalue weighted by molar-refractivity contribution is 6.17. The lowest BCUT2D eigenvalue weighted by Crippen LogP contribution is -2.05. The van der Waals surface area contributed by atoms with Gasteiger partial charge in [-0.2, -0.15) is 21.0 Å². The number of rotatable bonds is 10. The fourth-order valence-electron chi connectivity index (χ4n) is 3.40. The van der Waals surface area contributed by atoms with E-state index in [0.29, 0.717) is 47.3 Å². The molecule has 0 saturated carbocycles. The van der Waals surface area contributed by atoms with E-state index < -0.39 is 0 Å². The molecule has 0 spiro atoms. The molecule has 0 unspecified atom stereocenters. The second-order valence-electron chi connectivity index (χ2n) is 8.01. The molecule has 0 atom stereocenters. The van der Waals surface area contributed by atoms with E-state index in [9.17, 15) is 0 Å². The van der Waals surface area contributed by atoms with Gasteiger partial charge in [0, 0.05) is 0 Å². The third-order valence-electron chi connectivity index (χ3n) is 5.38. The first-order valence-electron chi connectivity index (χ1n) is 11.5. The zero-order valence-corrected chi connectivity index (χ0v) is 21.4. The normalized spacial score (nSPS) is 9.95. The van der Waals surface area contributed by atoms with Gasteiger partial charge in [-0.3, -0.25) is 0 Å². The molecule has 4 rings (SSSR count). The summed E-state index contributed by atoms with van der Waals surface area (Å²) in [6, 6.07) is 32.1. The Kier molecular flexibility index (Phi) is 9.03. The smallest absolute Gasteiger partial charge is 0.434 e. The van der Waals surface area contributed by atoms with E-state index in [0.717, 1.165) is 11.1 Å². The van der Waals surface area contributed by atoms with Crippen LogP contribution in [0.15, 0.2) is 84.9 Å². The Morgan fingerprint density at radius 2 is 0.821 bits per heavy atom. The van der Waals surface area contributed by atoms with Gasteiger partial charge in [-0.25, -0.2) is 0 Å². The molecule has 0 fully saturated rings. The lowest BCUT2D eigenvalue weighted by Gasteiger charge is -2.09. The van der Waals surface area contributed by atoms with Gasteiger partial charge >= 0.3 is 10.0 Å². The summed E-state index contributed by atoms with van der Waals surface area (Å²) in [6.45, 7) is 0.743. The molecule has 9 heteroatoms. The van der Waals surface area contributed by atoms with Crippen molar-refractivity contribution in [3.8, 4) is 47.3 Å². The van der Waals surface area contributed by atoms with E-state index in [1.807, 2.05) is 48.5 Å². The molecule has 39 heavy (non-hydrogen) atoms. The molecule has 0 saturated heterocycles. The predicted octanol–water partition coefficient (Wildman–Crippen LogP) is 6.03. The van der Waals surface area contributed by atoms with Gasteiger partial charge in [-0.05, 0) is 71.8 Å². The summed E-state index contributed by atoms with van der Waals surface area (Å²) in [5.41, 5.74) is 3.04. The zero-order valence-electron chi connectivity index (χ0n) is 20.4. The summed E-state index contributed by atoms with van der Waals surface area (Å²) in [4.78, 5) is 0. The minimum Gasteiger partial charge on any atom is -0.457 e. The Hall–Kier alpha value is -5.42. The quantitative estimate of drug-likeness (QED) is 0.181. The van der Waals surface area contributed by atoms with Crippen molar-refractivity contribution in [1.82, 2.24) is 0 Å². The number of nitriles is 4. The maximum absolute atomic E-state index is 9.15. The van der Waals surface area contributed by atoms with Crippen LogP contribution in [-0.4, -0.2) is 10.0 Å². The van der Waals surface area contributed by atoms with E-state index in [4.69, 9.17) is 39.4 Å². The molecule has 0 heterocycles. The van der Waals surface area contributed by atoms with Gasteiger partial charge in [0.2, 0.25) is 0 Å². The summed E-state index contributed by atoms with van der Waals surface area (Å²) in [7, 11) is -0.149. The summed E-state index contributed by atoms with van der Waals surface area (Å²) in [6.07, 6.45) is 0. The second-order valence-corrected chi connectivity index (χ2v) is 8.76. The maximum atomic E-state index is 9.15. The molecule has 8 nitrogen and oxygen atoms in total. The molecule has 4 aromatic rings. The van der Waals surface area contributed by atoms with Crippen molar-refractivity contribution < 1.29 is 18.3 Å². The lowest BCUT2D eigenvalue weighted by molar-refractivity contribution is 0.207. The van der Waals surface area contributed by atoms with Crippen molar-refractivity contribution >= 4 is 10.0 Å². The highest BCUT2D eigenvalue weighted by Crippen LogP contribution is 2.25. The van der Waals surface area contributed by atoms with Crippen molar-refractivity contribution in [2.24, 2.45) is 0 Å². The van der Waals surface area contributed by atoms with Crippen LogP contribution >= 0.6 is 0 Å². The van der Waals surface area contributed by atoms with Gasteiger partial charge < -0.3 is 18.3 Å². The molecule has 0 N–H and O–H groups in total. The summed E-state index contributed by atoms with van der Waals surface area (Å²) in [5.74, 6) is 2.16. The van der Waals surface area contributed by atoms with Gasteiger partial charge in [0.25, 0.3) is 0 Å². The largest absolute Gasteiger partial charge is 0.457 e. The molecule has 4 aromatic carbocycles. The van der Waals surface area contributed by atoms with Crippen molar-refractivity contribution in [1.29, 1.82) is 21.0 Å². The Morgan fingerprint density at radius 1 is 0.462 bits per heavy atom. The topological polar surface area (TPSA) is 132 Å². The van der Waals surface area contributed by atoms with Crippen molar-refractivity contribution in [3.05, 3.63) is 118 Å². The first kappa shape index (κ1) is 26.6. The minimum absolute atomic E-state index is 0.149. The summed E-state index contributed by atoms with van der Waals surface area (Å²) >= 11 is 0. The van der Waals surface area contributed by atoms with Crippen molar-refractivity contribution in [2.75, 3.05) is 0 Å². The zero-order chi connectivity index (χ0) is 27.5. The Labute approximate surface area is 228 Å².